The Balaban J connectivity index is 1.43. The van der Waals surface area contributed by atoms with Crippen LogP contribution >= 0.6 is 0 Å². The molecular formula is C25H32N4O3. The van der Waals surface area contributed by atoms with Gasteiger partial charge in [0, 0.05) is 50.5 Å². The van der Waals surface area contributed by atoms with E-state index >= 15 is 0 Å². The van der Waals surface area contributed by atoms with Gasteiger partial charge >= 0.3 is 0 Å². The average Bonchev–Trinajstić information content (AvgIpc) is 2.82. The Hall–Kier alpha value is -3.35. The number of nitrogens with one attached hydrogen (secondary N) is 2. The minimum Gasteiger partial charge on any atom is -0.376 e. The average molecular weight is 437 g/mol. The van der Waals surface area contributed by atoms with Crippen molar-refractivity contribution < 1.29 is 14.4 Å². The summed E-state index contributed by atoms with van der Waals surface area (Å²) in [5.74, 6) is -0.00713. The molecule has 2 N–H and O–H groups in total. The van der Waals surface area contributed by atoms with Gasteiger partial charge in [0.05, 0.1) is 6.54 Å². The lowest BCUT2D eigenvalue weighted by Gasteiger charge is -2.26. The minimum absolute atomic E-state index is 0.0544. The smallest absolute Gasteiger partial charge is 0.253 e. The number of hydrogen-bond acceptors (Lipinski definition) is 4. The summed E-state index contributed by atoms with van der Waals surface area (Å²) in [4.78, 5) is 40.0. The zero-order valence-corrected chi connectivity index (χ0v) is 18.9. The van der Waals surface area contributed by atoms with Gasteiger partial charge in [-0.2, -0.15) is 0 Å². The molecule has 32 heavy (non-hydrogen) atoms. The molecule has 7 heteroatoms. The summed E-state index contributed by atoms with van der Waals surface area (Å²) in [5, 5.41) is 5.94. The van der Waals surface area contributed by atoms with Crippen LogP contribution in [-0.2, 0) is 16.0 Å². The van der Waals surface area contributed by atoms with Crippen molar-refractivity contribution >= 4 is 29.1 Å². The first-order valence-corrected chi connectivity index (χ1v) is 11.1. The number of rotatable bonds is 8. The standard InChI is InChI=1S/C25H32N4O3/c1-28(2)24(31)15-8-19-6-11-21(12-7-19)26-18-23(30)27-22-13-9-20(10-14-22)25(32)29-16-4-3-5-17-29/h6-7,9-14,26H,3-5,8,15-18H2,1-2H3,(H,27,30). The lowest BCUT2D eigenvalue weighted by Crippen LogP contribution is -2.35. The first-order valence-electron chi connectivity index (χ1n) is 11.1. The number of carbonyl (C=O) groups is 3. The van der Waals surface area contributed by atoms with Gasteiger partial charge in [-0.15, -0.1) is 0 Å². The number of piperidine rings is 1. The lowest BCUT2D eigenvalue weighted by atomic mass is 10.1. The number of aryl methyl sites for hydroxylation is 1. The predicted molar refractivity (Wildman–Crippen MR) is 127 cm³/mol. The van der Waals surface area contributed by atoms with Crippen LogP contribution in [0.2, 0.25) is 0 Å². The first-order chi connectivity index (χ1) is 15.4. The SMILES string of the molecule is CN(C)C(=O)CCc1ccc(NCC(=O)Nc2ccc(C(=O)N3CCCCC3)cc2)cc1. The second-order valence-electron chi connectivity index (χ2n) is 8.32. The molecule has 0 radical (unpaired) electrons. The van der Waals surface area contributed by atoms with Crippen LogP contribution < -0.4 is 10.6 Å². The van der Waals surface area contributed by atoms with Crippen molar-refractivity contribution in [3.05, 3.63) is 59.7 Å². The molecule has 0 saturated carbocycles. The maximum atomic E-state index is 12.5. The highest BCUT2D eigenvalue weighted by Crippen LogP contribution is 2.16. The number of hydrogen-bond donors (Lipinski definition) is 2. The first kappa shape index (κ1) is 23.3. The van der Waals surface area contributed by atoms with Crippen LogP contribution in [-0.4, -0.2) is 61.3 Å². The van der Waals surface area contributed by atoms with E-state index in [-0.39, 0.29) is 24.3 Å². The van der Waals surface area contributed by atoms with Crippen LogP contribution in [0.15, 0.2) is 48.5 Å². The van der Waals surface area contributed by atoms with E-state index in [0.717, 1.165) is 37.2 Å². The van der Waals surface area contributed by atoms with E-state index in [1.165, 1.54) is 6.42 Å². The molecule has 1 fully saturated rings. The molecule has 0 spiro atoms. The van der Waals surface area contributed by atoms with Gasteiger partial charge in [-0.05, 0) is 67.6 Å². The summed E-state index contributed by atoms with van der Waals surface area (Å²) in [5.41, 5.74) is 3.23. The third-order valence-corrected chi connectivity index (χ3v) is 5.59. The molecule has 0 aliphatic carbocycles. The van der Waals surface area contributed by atoms with Crippen molar-refractivity contribution in [2.24, 2.45) is 0 Å². The molecule has 3 amide bonds. The Labute approximate surface area is 189 Å². The van der Waals surface area contributed by atoms with Crippen LogP contribution in [0.3, 0.4) is 0 Å². The lowest BCUT2D eigenvalue weighted by molar-refractivity contribution is -0.128. The van der Waals surface area contributed by atoms with Gasteiger partial charge < -0.3 is 20.4 Å². The predicted octanol–water partition coefficient (Wildman–Crippen LogP) is 3.38. The third-order valence-electron chi connectivity index (χ3n) is 5.59. The molecule has 170 valence electrons. The summed E-state index contributed by atoms with van der Waals surface area (Å²) in [6, 6.07) is 14.8. The topological polar surface area (TPSA) is 81.8 Å². The normalized spacial score (nSPS) is 13.4. The summed E-state index contributed by atoms with van der Waals surface area (Å²) >= 11 is 0. The number of benzene rings is 2. The van der Waals surface area contributed by atoms with E-state index in [9.17, 15) is 14.4 Å². The van der Waals surface area contributed by atoms with Gasteiger partial charge in [-0.1, -0.05) is 12.1 Å². The Bertz CT molecular complexity index is 917. The zero-order valence-electron chi connectivity index (χ0n) is 18.9. The molecule has 0 unspecified atom stereocenters. The summed E-state index contributed by atoms with van der Waals surface area (Å²) in [6.45, 7) is 1.77. The van der Waals surface area contributed by atoms with E-state index in [1.54, 1.807) is 43.3 Å². The van der Waals surface area contributed by atoms with E-state index in [0.29, 0.717) is 24.1 Å². The molecule has 1 heterocycles. The van der Waals surface area contributed by atoms with Gasteiger partial charge in [0.25, 0.3) is 5.91 Å². The summed E-state index contributed by atoms with van der Waals surface area (Å²) < 4.78 is 0. The fourth-order valence-corrected chi connectivity index (χ4v) is 3.63. The molecule has 0 atom stereocenters. The quantitative estimate of drug-likeness (QED) is 0.665. The van der Waals surface area contributed by atoms with Crippen molar-refractivity contribution in [2.45, 2.75) is 32.1 Å². The van der Waals surface area contributed by atoms with E-state index in [1.807, 2.05) is 29.2 Å². The Morgan fingerprint density at radius 2 is 1.50 bits per heavy atom. The summed E-state index contributed by atoms with van der Waals surface area (Å²) in [6.07, 6.45) is 4.47. The monoisotopic (exact) mass is 436 g/mol. The molecule has 0 bridgehead atoms. The van der Waals surface area contributed by atoms with Gasteiger partial charge in [0.15, 0.2) is 0 Å². The van der Waals surface area contributed by atoms with Crippen molar-refractivity contribution in [2.75, 3.05) is 44.4 Å². The molecule has 2 aromatic rings. The molecule has 1 aliphatic rings. The van der Waals surface area contributed by atoms with Crippen molar-refractivity contribution in [3.8, 4) is 0 Å². The van der Waals surface area contributed by atoms with Crippen LogP contribution in [0.1, 0.15) is 41.6 Å². The van der Waals surface area contributed by atoms with Gasteiger partial charge in [-0.3, -0.25) is 14.4 Å². The van der Waals surface area contributed by atoms with Crippen LogP contribution in [0, 0.1) is 0 Å². The van der Waals surface area contributed by atoms with Crippen LogP contribution in [0.5, 0.6) is 0 Å². The highest BCUT2D eigenvalue weighted by Gasteiger charge is 2.18. The zero-order chi connectivity index (χ0) is 22.9. The molecular weight excluding hydrogens is 404 g/mol. The van der Waals surface area contributed by atoms with Crippen LogP contribution in [0.25, 0.3) is 0 Å². The molecule has 3 rings (SSSR count). The minimum atomic E-state index is -0.166. The third kappa shape index (κ3) is 6.83. The molecule has 0 aromatic heterocycles. The number of likely N-dealkylation sites (tertiary alicyclic amines) is 1. The largest absolute Gasteiger partial charge is 0.376 e. The Morgan fingerprint density at radius 1 is 0.875 bits per heavy atom. The Kier molecular flexibility index (Phi) is 8.25. The van der Waals surface area contributed by atoms with Crippen molar-refractivity contribution in [1.29, 1.82) is 0 Å². The van der Waals surface area contributed by atoms with E-state index in [2.05, 4.69) is 10.6 Å². The van der Waals surface area contributed by atoms with Crippen molar-refractivity contribution in [3.63, 3.8) is 0 Å². The van der Waals surface area contributed by atoms with E-state index < -0.39 is 0 Å². The number of nitrogens with zero attached hydrogens (tertiary/aromatic N) is 2. The fourth-order valence-electron chi connectivity index (χ4n) is 3.63. The maximum Gasteiger partial charge on any atom is 0.253 e. The van der Waals surface area contributed by atoms with Gasteiger partial charge in [0.1, 0.15) is 0 Å². The van der Waals surface area contributed by atoms with Gasteiger partial charge in [0.2, 0.25) is 11.8 Å². The fraction of sp³-hybridized carbons (Fsp3) is 0.400. The van der Waals surface area contributed by atoms with Crippen LogP contribution in [0.4, 0.5) is 11.4 Å². The number of amides is 3. The molecule has 7 nitrogen and oxygen atoms in total. The van der Waals surface area contributed by atoms with E-state index in [4.69, 9.17) is 0 Å². The highest BCUT2D eigenvalue weighted by atomic mass is 16.2. The second-order valence-corrected chi connectivity index (χ2v) is 8.32. The maximum absolute atomic E-state index is 12.5. The summed E-state index contributed by atoms with van der Waals surface area (Å²) in [7, 11) is 3.51. The molecule has 1 saturated heterocycles. The van der Waals surface area contributed by atoms with Gasteiger partial charge in [-0.25, -0.2) is 0 Å². The Morgan fingerprint density at radius 3 is 2.12 bits per heavy atom. The number of carbonyl (C=O) groups excluding carboxylic acids is 3. The highest BCUT2D eigenvalue weighted by molar-refractivity contribution is 5.96. The second kappa shape index (κ2) is 11.3. The molecule has 2 aromatic carbocycles. The molecule has 1 aliphatic heterocycles. The number of anilines is 2. The van der Waals surface area contributed by atoms with Crippen molar-refractivity contribution in [1.82, 2.24) is 9.80 Å².